The number of carbonyl (C=O) groups is 2. The van der Waals surface area contributed by atoms with E-state index in [1.165, 1.54) is 24.4 Å². The van der Waals surface area contributed by atoms with Crippen molar-refractivity contribution in [3.05, 3.63) is 36.6 Å². The smallest absolute Gasteiger partial charge is 0.373 e. The van der Waals surface area contributed by atoms with Gasteiger partial charge in [-0.25, -0.2) is 27.4 Å². The molecule has 0 aromatic rings. The van der Waals surface area contributed by atoms with Gasteiger partial charge < -0.3 is 4.84 Å². The number of nitrogens with zero attached hydrogens (tertiary/aromatic N) is 1. The Labute approximate surface area is 238 Å². The van der Waals surface area contributed by atoms with E-state index in [2.05, 4.69) is 15.5 Å². The zero-order valence-electron chi connectivity index (χ0n) is 20.0. The van der Waals surface area contributed by atoms with Crippen molar-refractivity contribution in [2.75, 3.05) is 0 Å². The average Bonchev–Trinajstić information content (AvgIpc) is 2.59. The minimum atomic E-state index is -5.14. The van der Waals surface area contributed by atoms with E-state index in [-0.39, 0.29) is 11.6 Å². The molecule has 0 amide bonds. The molecule has 0 saturated carbocycles. The van der Waals surface area contributed by atoms with Crippen LogP contribution in [-0.4, -0.2) is 76.5 Å². The zero-order chi connectivity index (χ0) is 37.2. The van der Waals surface area contributed by atoms with Crippen LogP contribution in [0.3, 0.4) is 0 Å². The lowest BCUT2D eigenvalue weighted by Crippen LogP contribution is -2.02. The maximum absolute atomic E-state index is 11.0. The molecule has 0 bridgehead atoms. The summed E-state index contributed by atoms with van der Waals surface area (Å²) in [5.74, 6) is -0.613. The minimum absolute atomic E-state index is 0.278. The van der Waals surface area contributed by atoms with Gasteiger partial charge in [-0.2, -0.15) is 5.10 Å². The number of rotatable bonds is 0. The molecule has 35 heteroatoms. The highest BCUT2D eigenvalue weighted by Crippen LogP contribution is 2.37. The van der Waals surface area contributed by atoms with Crippen molar-refractivity contribution in [3.8, 4) is 0 Å². The number of carbonyl (C=O) groups excluding carboxylic acids is 2. The van der Waals surface area contributed by atoms with Crippen molar-refractivity contribution in [2.45, 2.75) is 0 Å². The van der Waals surface area contributed by atoms with Crippen molar-refractivity contribution in [2.24, 2.45) is 5.10 Å². The van der Waals surface area contributed by atoms with Crippen LogP contribution in [0.2, 0.25) is 0 Å². The third kappa shape index (κ3) is 304. The van der Waals surface area contributed by atoms with Gasteiger partial charge in [-0.15, -0.1) is 30.8 Å². The first-order valence-electron chi connectivity index (χ1n) is 8.33. The molecule has 0 spiro atoms. The molecular formula is C9H20F6N2O21P6. The highest BCUT2D eigenvalue weighted by Gasteiger charge is 2.07. The van der Waals surface area contributed by atoms with Gasteiger partial charge in [0.2, 0.25) is 0 Å². The van der Waals surface area contributed by atoms with Gasteiger partial charge in [0, 0.05) is 6.08 Å². The third-order valence-corrected chi connectivity index (χ3v) is 1.24. The summed E-state index contributed by atoms with van der Waals surface area (Å²) in [7, 11) is -30.8. The predicted molar refractivity (Wildman–Crippen MR) is 129 cm³/mol. The zero-order valence-corrected chi connectivity index (χ0v) is 25.3. The molecule has 1 heterocycles. The fraction of sp³-hybridized carbons (Fsp3) is 0. The molecule has 13 N–H and O–H groups in total. The van der Waals surface area contributed by atoms with Crippen molar-refractivity contribution in [1.29, 1.82) is 0 Å². The Hall–Kier alpha value is -1.69. The van der Waals surface area contributed by atoms with E-state index in [1.807, 2.05) is 0 Å². The van der Waals surface area contributed by atoms with Crippen molar-refractivity contribution < 1.29 is 126 Å². The molecule has 1 aliphatic heterocycles. The molecule has 23 nitrogen and oxygen atoms in total. The standard InChI is InChI=1S/C9H8N2O3.6FH2O3P/c12-8-2-1-6-10-11-14-7-5-9(13)4-3-8;6*1-5(2,3)4/h1-7,11H;6*(H2,2,3,4)/b2-1+,4-3?,7-5-,10-6-;;;;;;. The van der Waals surface area contributed by atoms with Crippen LogP contribution >= 0.6 is 47.4 Å². The Bertz CT molecular complexity index is 1020. The van der Waals surface area contributed by atoms with Gasteiger partial charge in [-0.3, -0.25) is 68.3 Å². The Morgan fingerprint density at radius 2 is 0.727 bits per heavy atom. The van der Waals surface area contributed by atoms with Gasteiger partial charge in [0.15, 0.2) is 11.6 Å². The van der Waals surface area contributed by atoms with Gasteiger partial charge >= 0.3 is 47.4 Å². The molecule has 0 unspecified atom stereocenters. The highest BCUT2D eigenvalue weighted by atomic mass is 31.2. The van der Waals surface area contributed by atoms with Crippen molar-refractivity contribution in [1.82, 2.24) is 5.59 Å². The van der Waals surface area contributed by atoms with Gasteiger partial charge in [-0.05, 0) is 24.3 Å². The molecule has 0 aromatic carbocycles. The van der Waals surface area contributed by atoms with Crippen LogP contribution in [0.4, 0.5) is 25.2 Å². The second kappa shape index (κ2) is 26.5. The molecular weight excluding hydrogens is 772 g/mol. The number of hydrogen-bond acceptors (Lipinski definition) is 11. The summed E-state index contributed by atoms with van der Waals surface area (Å²) in [6.07, 6.45) is 8.69. The summed E-state index contributed by atoms with van der Waals surface area (Å²) in [6.45, 7) is 0. The number of allylic oxidation sites excluding steroid dienone is 5. The van der Waals surface area contributed by atoms with Gasteiger partial charge in [0.05, 0.1) is 6.21 Å². The first-order valence-corrected chi connectivity index (χ1v) is 17.3. The van der Waals surface area contributed by atoms with Gasteiger partial charge in [-0.1, -0.05) is 0 Å². The molecule has 1 rings (SSSR count). The van der Waals surface area contributed by atoms with E-state index >= 15 is 0 Å². The molecule has 264 valence electrons. The lowest BCUT2D eigenvalue weighted by molar-refractivity contribution is -0.112. The van der Waals surface area contributed by atoms with E-state index < -0.39 is 47.4 Å². The monoisotopic (exact) mass is 792 g/mol. The molecule has 0 saturated heterocycles. The SMILES string of the molecule is O=C1C=CC(=O)/C=C/C=N\NO/C=C\1.O=P(O)(O)F.O=P(O)(O)F.O=P(O)(O)F.O=P(O)(O)F.O=P(O)(O)F.O=P(O)(O)F. The van der Waals surface area contributed by atoms with Crippen LogP contribution < -0.4 is 5.59 Å². The molecule has 1 aliphatic rings. The molecule has 0 aromatic heterocycles. The second-order valence-corrected chi connectivity index (χ2v) is 10.8. The molecule has 0 fully saturated rings. The number of hydrogen-bond donors (Lipinski definition) is 13. The summed E-state index contributed by atoms with van der Waals surface area (Å²) < 4.78 is 114. The Balaban J connectivity index is -0.000000103. The number of halogens is 6. The summed E-state index contributed by atoms with van der Waals surface area (Å²) in [5, 5.41) is 3.54. The number of hydrazone groups is 1. The maximum Gasteiger partial charge on any atom is 0.507 e. The van der Waals surface area contributed by atoms with Crippen LogP contribution in [0.25, 0.3) is 0 Å². The molecule has 44 heavy (non-hydrogen) atoms. The fourth-order valence-corrected chi connectivity index (χ4v) is 0.649. The number of nitrogens with one attached hydrogen (secondary N) is 1. The lowest BCUT2D eigenvalue weighted by atomic mass is 10.3. The topological polar surface area (TPSA) is 413 Å². The summed E-state index contributed by atoms with van der Waals surface area (Å²) >= 11 is 0. The normalized spacial score (nSPS) is 15.6. The van der Waals surface area contributed by atoms with Crippen LogP contribution in [0.5, 0.6) is 0 Å². The van der Waals surface area contributed by atoms with Crippen molar-refractivity contribution in [3.63, 3.8) is 0 Å². The average molecular weight is 792 g/mol. The number of ketones is 2. The van der Waals surface area contributed by atoms with Gasteiger partial charge in [0.25, 0.3) is 0 Å². The van der Waals surface area contributed by atoms with Crippen LogP contribution in [0.1, 0.15) is 0 Å². The quantitative estimate of drug-likeness (QED) is 0.118. The van der Waals surface area contributed by atoms with E-state index in [4.69, 9.17) is 86.1 Å². The molecule has 0 aliphatic carbocycles. The van der Waals surface area contributed by atoms with Crippen LogP contribution in [0, 0.1) is 0 Å². The first kappa shape index (κ1) is 54.8. The first-order chi connectivity index (χ1) is 18.8. The van der Waals surface area contributed by atoms with E-state index in [0.717, 1.165) is 18.4 Å². The van der Waals surface area contributed by atoms with Gasteiger partial charge in [0.1, 0.15) is 6.26 Å². The lowest BCUT2D eigenvalue weighted by Gasteiger charge is -1.94. The Morgan fingerprint density at radius 1 is 0.500 bits per heavy atom. The van der Waals surface area contributed by atoms with Crippen LogP contribution in [0.15, 0.2) is 41.7 Å². The Kier molecular flexibility index (Phi) is 33.0. The fourth-order valence-electron chi connectivity index (χ4n) is 0.649. The maximum atomic E-state index is 11.0. The van der Waals surface area contributed by atoms with E-state index in [0.29, 0.717) is 0 Å². The summed E-state index contributed by atoms with van der Waals surface area (Å²) in [4.78, 5) is 110. The molecule has 0 radical (unpaired) electrons. The predicted octanol–water partition coefficient (Wildman–Crippen LogP) is 0.563. The molecule has 0 atom stereocenters. The highest BCUT2D eigenvalue weighted by molar-refractivity contribution is 7.46. The van der Waals surface area contributed by atoms with Crippen molar-refractivity contribution >= 4 is 65.2 Å². The van der Waals surface area contributed by atoms with E-state index in [1.54, 1.807) is 0 Å². The Morgan fingerprint density at radius 3 is 0.977 bits per heavy atom. The largest absolute Gasteiger partial charge is 0.507 e. The second-order valence-electron chi connectivity index (χ2n) is 5.12. The summed E-state index contributed by atoms with van der Waals surface area (Å²) in [5.41, 5.74) is 2.18. The minimum Gasteiger partial charge on any atom is -0.373 e. The third-order valence-electron chi connectivity index (χ3n) is 1.24. The van der Waals surface area contributed by atoms with E-state index in [9.17, 15) is 34.8 Å². The van der Waals surface area contributed by atoms with Crippen LogP contribution in [-0.2, 0) is 41.8 Å². The summed E-state index contributed by atoms with van der Waals surface area (Å²) in [6, 6.07) is 0.